The highest BCUT2D eigenvalue weighted by atomic mass is 79.9. The van der Waals surface area contributed by atoms with Gasteiger partial charge in [0.05, 0.1) is 11.7 Å². The Morgan fingerprint density at radius 1 is 1.44 bits per heavy atom. The second kappa shape index (κ2) is 6.02. The van der Waals surface area contributed by atoms with Crippen LogP contribution in [0.15, 0.2) is 22.7 Å². The molecule has 18 heavy (non-hydrogen) atoms. The summed E-state index contributed by atoms with van der Waals surface area (Å²) < 4.78 is 7.00. The number of ether oxygens (including phenoxy) is 1. The van der Waals surface area contributed by atoms with Gasteiger partial charge in [0, 0.05) is 4.47 Å². The van der Waals surface area contributed by atoms with Gasteiger partial charge in [-0.15, -0.1) is 0 Å². The minimum absolute atomic E-state index is 0.288. The number of hydrogen-bond donors (Lipinski definition) is 1. The first-order valence-corrected chi connectivity index (χ1v) is 7.53. The van der Waals surface area contributed by atoms with Crippen LogP contribution in [-0.2, 0) is 0 Å². The molecular formula is C14H18BrNOS. The predicted molar refractivity (Wildman–Crippen MR) is 82.1 cm³/mol. The first kappa shape index (κ1) is 13.8. The van der Waals surface area contributed by atoms with Gasteiger partial charge in [-0.1, -0.05) is 31.6 Å². The molecule has 2 rings (SSSR count). The molecule has 1 aliphatic carbocycles. The first-order valence-electron chi connectivity index (χ1n) is 6.33. The second-order valence-corrected chi connectivity index (χ2v) is 6.28. The molecule has 2 nitrogen and oxygen atoms in total. The van der Waals surface area contributed by atoms with Gasteiger partial charge in [0.2, 0.25) is 0 Å². The van der Waals surface area contributed by atoms with E-state index in [0.717, 1.165) is 34.5 Å². The Kier molecular flexibility index (Phi) is 4.62. The maximum absolute atomic E-state index is 6.10. The monoisotopic (exact) mass is 327 g/mol. The molecule has 0 spiro atoms. The molecule has 2 atom stereocenters. The van der Waals surface area contributed by atoms with Gasteiger partial charge in [-0.25, -0.2) is 0 Å². The third-order valence-corrected chi connectivity index (χ3v) is 4.27. The van der Waals surface area contributed by atoms with Crippen molar-refractivity contribution in [3.63, 3.8) is 0 Å². The number of nitrogens with two attached hydrogens (primary N) is 1. The van der Waals surface area contributed by atoms with Gasteiger partial charge in [-0.2, -0.15) is 0 Å². The highest BCUT2D eigenvalue weighted by Crippen LogP contribution is 2.31. The highest BCUT2D eigenvalue weighted by Gasteiger charge is 2.22. The maximum atomic E-state index is 6.10. The maximum Gasteiger partial charge on any atom is 0.131 e. The fourth-order valence-electron chi connectivity index (χ4n) is 2.51. The molecule has 0 heterocycles. The van der Waals surface area contributed by atoms with Crippen molar-refractivity contribution >= 4 is 33.1 Å². The van der Waals surface area contributed by atoms with E-state index >= 15 is 0 Å². The van der Waals surface area contributed by atoms with E-state index in [4.69, 9.17) is 22.7 Å². The van der Waals surface area contributed by atoms with E-state index in [1.165, 1.54) is 12.8 Å². The van der Waals surface area contributed by atoms with Crippen molar-refractivity contribution < 1.29 is 4.74 Å². The van der Waals surface area contributed by atoms with Crippen LogP contribution in [0.4, 0.5) is 0 Å². The Morgan fingerprint density at radius 2 is 2.22 bits per heavy atom. The lowest BCUT2D eigenvalue weighted by molar-refractivity contribution is 0.129. The van der Waals surface area contributed by atoms with Crippen molar-refractivity contribution in [3.05, 3.63) is 28.2 Å². The molecule has 0 saturated heterocycles. The van der Waals surface area contributed by atoms with Crippen molar-refractivity contribution in [2.24, 2.45) is 11.7 Å². The van der Waals surface area contributed by atoms with Crippen LogP contribution in [0.25, 0.3) is 0 Å². The van der Waals surface area contributed by atoms with E-state index in [1.807, 2.05) is 18.2 Å². The number of thiocarbonyl (C=S) groups is 1. The molecule has 1 saturated carbocycles. The minimum atomic E-state index is 0.288. The highest BCUT2D eigenvalue weighted by molar-refractivity contribution is 9.10. The van der Waals surface area contributed by atoms with Crippen molar-refractivity contribution in [1.29, 1.82) is 0 Å². The topological polar surface area (TPSA) is 35.2 Å². The van der Waals surface area contributed by atoms with Crippen molar-refractivity contribution in [2.45, 2.75) is 38.7 Å². The van der Waals surface area contributed by atoms with Crippen LogP contribution in [0.3, 0.4) is 0 Å². The van der Waals surface area contributed by atoms with Gasteiger partial charge in [-0.05, 0) is 53.2 Å². The average molecular weight is 328 g/mol. The van der Waals surface area contributed by atoms with Gasteiger partial charge in [0.15, 0.2) is 0 Å². The average Bonchev–Trinajstić information content (AvgIpc) is 2.28. The second-order valence-electron chi connectivity index (χ2n) is 4.99. The van der Waals surface area contributed by atoms with E-state index < -0.39 is 0 Å². The lowest BCUT2D eigenvalue weighted by atomic mass is 9.88. The Balaban J connectivity index is 2.18. The third-order valence-electron chi connectivity index (χ3n) is 3.40. The molecule has 0 radical (unpaired) electrons. The fraction of sp³-hybridized carbons (Fsp3) is 0.500. The minimum Gasteiger partial charge on any atom is -0.490 e. The Bertz CT molecular complexity index is 449. The van der Waals surface area contributed by atoms with Gasteiger partial charge in [0.1, 0.15) is 10.7 Å². The molecule has 1 aromatic rings. The van der Waals surface area contributed by atoms with Crippen LogP contribution in [-0.4, -0.2) is 11.1 Å². The molecule has 98 valence electrons. The molecule has 1 aliphatic rings. The Morgan fingerprint density at radius 3 is 2.89 bits per heavy atom. The number of hydrogen-bond acceptors (Lipinski definition) is 2. The molecule has 0 aliphatic heterocycles. The third kappa shape index (κ3) is 3.23. The quantitative estimate of drug-likeness (QED) is 0.851. The summed E-state index contributed by atoms with van der Waals surface area (Å²) in [4.78, 5) is 0.376. The van der Waals surface area contributed by atoms with Gasteiger partial charge >= 0.3 is 0 Å². The van der Waals surface area contributed by atoms with E-state index in [1.54, 1.807) is 0 Å². The largest absolute Gasteiger partial charge is 0.490 e. The van der Waals surface area contributed by atoms with Crippen LogP contribution in [0.2, 0.25) is 0 Å². The summed E-state index contributed by atoms with van der Waals surface area (Å²) in [6, 6.07) is 5.83. The molecule has 4 heteroatoms. The lowest BCUT2D eigenvalue weighted by Crippen LogP contribution is -2.25. The summed E-state index contributed by atoms with van der Waals surface area (Å²) in [6.07, 6.45) is 5.07. The van der Waals surface area contributed by atoms with E-state index in [0.29, 0.717) is 4.99 Å². The number of benzene rings is 1. The van der Waals surface area contributed by atoms with Crippen LogP contribution in [0.5, 0.6) is 5.75 Å². The van der Waals surface area contributed by atoms with Crippen LogP contribution in [0.1, 0.15) is 38.2 Å². The van der Waals surface area contributed by atoms with Gasteiger partial charge < -0.3 is 10.5 Å². The van der Waals surface area contributed by atoms with E-state index in [2.05, 4.69) is 22.9 Å². The zero-order valence-corrected chi connectivity index (χ0v) is 12.9. The molecule has 2 N–H and O–H groups in total. The molecule has 0 amide bonds. The lowest BCUT2D eigenvalue weighted by Gasteiger charge is -2.28. The van der Waals surface area contributed by atoms with Gasteiger partial charge in [0.25, 0.3) is 0 Å². The van der Waals surface area contributed by atoms with Gasteiger partial charge in [-0.3, -0.25) is 0 Å². The number of rotatable bonds is 3. The SMILES string of the molecule is CC1CCCC(Oc2cccc(Br)c2C(N)=S)C1. The van der Waals surface area contributed by atoms with E-state index in [9.17, 15) is 0 Å². The predicted octanol–water partition coefficient (Wildman–Crippen LogP) is 4.04. The Labute approximate surface area is 122 Å². The summed E-state index contributed by atoms with van der Waals surface area (Å²) in [5.41, 5.74) is 6.58. The molecule has 0 aromatic heterocycles. The smallest absolute Gasteiger partial charge is 0.131 e. The molecule has 0 bridgehead atoms. The Hall–Kier alpha value is -0.610. The van der Waals surface area contributed by atoms with Crippen molar-refractivity contribution in [3.8, 4) is 5.75 Å². The summed E-state index contributed by atoms with van der Waals surface area (Å²) in [7, 11) is 0. The van der Waals surface area contributed by atoms with Crippen LogP contribution in [0, 0.1) is 5.92 Å². The summed E-state index contributed by atoms with van der Waals surface area (Å²) in [6.45, 7) is 2.28. The summed E-state index contributed by atoms with van der Waals surface area (Å²) >= 11 is 8.57. The molecule has 1 fully saturated rings. The zero-order chi connectivity index (χ0) is 13.1. The van der Waals surface area contributed by atoms with Crippen molar-refractivity contribution in [2.75, 3.05) is 0 Å². The summed E-state index contributed by atoms with van der Waals surface area (Å²) in [5.74, 6) is 1.54. The van der Waals surface area contributed by atoms with Crippen LogP contribution >= 0.6 is 28.1 Å². The summed E-state index contributed by atoms with van der Waals surface area (Å²) in [5, 5.41) is 0. The molecule has 1 aromatic carbocycles. The van der Waals surface area contributed by atoms with Crippen molar-refractivity contribution in [1.82, 2.24) is 0 Å². The molecular weight excluding hydrogens is 310 g/mol. The normalized spacial score (nSPS) is 23.7. The van der Waals surface area contributed by atoms with Crippen LogP contribution < -0.4 is 10.5 Å². The number of halogens is 1. The molecule has 2 unspecified atom stereocenters. The standard InChI is InChI=1S/C14H18BrNOS/c1-9-4-2-5-10(8-9)17-12-7-3-6-11(15)13(12)14(16)18/h3,6-7,9-10H,2,4-5,8H2,1H3,(H2,16,18). The van der Waals surface area contributed by atoms with E-state index in [-0.39, 0.29) is 6.10 Å². The zero-order valence-electron chi connectivity index (χ0n) is 10.5. The first-order chi connectivity index (χ1) is 8.58. The fourth-order valence-corrected chi connectivity index (χ4v) is 3.41.